The second kappa shape index (κ2) is 7.14. The van der Waals surface area contributed by atoms with Crippen LogP contribution < -0.4 is 10.5 Å². The highest BCUT2D eigenvalue weighted by Crippen LogP contribution is 2.22. The van der Waals surface area contributed by atoms with E-state index in [1.807, 2.05) is 0 Å². The first-order valence-corrected chi connectivity index (χ1v) is 6.84. The molecule has 0 unspecified atom stereocenters. The lowest BCUT2D eigenvalue weighted by Crippen LogP contribution is -2.39. The smallest absolute Gasteiger partial charge is 0.339 e. The van der Waals surface area contributed by atoms with Crippen molar-refractivity contribution in [2.45, 2.75) is 39.8 Å². The maximum Gasteiger partial charge on any atom is 0.339 e. The van der Waals surface area contributed by atoms with Gasteiger partial charge in [-0.05, 0) is 39.8 Å². The van der Waals surface area contributed by atoms with E-state index in [9.17, 15) is 4.79 Å². The van der Waals surface area contributed by atoms with E-state index in [0.717, 1.165) is 6.54 Å². The first-order chi connectivity index (χ1) is 9.32. The molecule has 0 atom stereocenters. The Morgan fingerprint density at radius 2 is 1.90 bits per heavy atom. The second-order valence-electron chi connectivity index (χ2n) is 5.33. The van der Waals surface area contributed by atoms with E-state index in [-0.39, 0.29) is 5.56 Å². The number of benzene rings is 1. The minimum Gasteiger partial charge on any atom is -0.491 e. The van der Waals surface area contributed by atoms with E-state index in [4.69, 9.17) is 15.6 Å². The number of carboxylic acids is 1. The van der Waals surface area contributed by atoms with Crippen LogP contribution in [0.2, 0.25) is 0 Å². The Morgan fingerprint density at radius 1 is 1.30 bits per heavy atom. The number of nitrogens with zero attached hydrogens (tertiary/aromatic N) is 1. The molecule has 112 valence electrons. The fourth-order valence-corrected chi connectivity index (χ4v) is 2.21. The Morgan fingerprint density at radius 3 is 2.40 bits per heavy atom. The summed E-state index contributed by atoms with van der Waals surface area (Å²) in [5.41, 5.74) is 6.31. The highest BCUT2D eigenvalue weighted by molar-refractivity contribution is 5.91. The fraction of sp³-hybridized carbons (Fsp3) is 0.533. The predicted molar refractivity (Wildman–Crippen MR) is 80.3 cm³/mol. The van der Waals surface area contributed by atoms with Gasteiger partial charge in [-0.1, -0.05) is 0 Å². The molecule has 1 aromatic carbocycles. The molecule has 0 aliphatic rings. The molecule has 0 heterocycles. The number of anilines is 1. The molecule has 0 bridgehead atoms. The van der Waals surface area contributed by atoms with Crippen LogP contribution in [0.1, 0.15) is 38.1 Å². The SMILES string of the molecule is CC(C)N(CCOc1cc(N)ccc1C(=O)O)C(C)C. The molecule has 0 saturated carbocycles. The second-order valence-corrected chi connectivity index (χ2v) is 5.33. The van der Waals surface area contributed by atoms with Gasteiger partial charge in [-0.25, -0.2) is 4.79 Å². The summed E-state index contributed by atoms with van der Waals surface area (Å²) in [5, 5.41) is 9.11. The van der Waals surface area contributed by atoms with E-state index in [0.29, 0.717) is 30.1 Å². The van der Waals surface area contributed by atoms with Crippen molar-refractivity contribution in [1.29, 1.82) is 0 Å². The van der Waals surface area contributed by atoms with E-state index in [2.05, 4.69) is 32.6 Å². The third kappa shape index (κ3) is 4.42. The van der Waals surface area contributed by atoms with Gasteiger partial charge in [0.25, 0.3) is 0 Å². The van der Waals surface area contributed by atoms with E-state index < -0.39 is 5.97 Å². The van der Waals surface area contributed by atoms with Crippen molar-refractivity contribution in [3.8, 4) is 5.75 Å². The lowest BCUT2D eigenvalue weighted by Gasteiger charge is -2.30. The molecule has 0 spiro atoms. The topological polar surface area (TPSA) is 75.8 Å². The van der Waals surface area contributed by atoms with Gasteiger partial charge in [0.1, 0.15) is 17.9 Å². The lowest BCUT2D eigenvalue weighted by atomic mass is 10.2. The van der Waals surface area contributed by atoms with Gasteiger partial charge in [0, 0.05) is 30.4 Å². The molecule has 0 aromatic heterocycles. The maximum absolute atomic E-state index is 11.1. The molecular formula is C15H24N2O3. The predicted octanol–water partition coefficient (Wildman–Crippen LogP) is 2.46. The number of nitrogens with two attached hydrogens (primary N) is 1. The number of nitrogen functional groups attached to an aromatic ring is 1. The molecule has 0 aliphatic carbocycles. The summed E-state index contributed by atoms with van der Waals surface area (Å²) >= 11 is 0. The summed E-state index contributed by atoms with van der Waals surface area (Å²) in [7, 11) is 0. The summed E-state index contributed by atoms with van der Waals surface area (Å²) in [5.74, 6) is -0.686. The molecular weight excluding hydrogens is 256 g/mol. The monoisotopic (exact) mass is 280 g/mol. The Kier molecular flexibility index (Phi) is 5.82. The van der Waals surface area contributed by atoms with Crippen molar-refractivity contribution in [3.05, 3.63) is 23.8 Å². The Bertz CT molecular complexity index is 450. The summed E-state index contributed by atoms with van der Waals surface area (Å²) in [6.45, 7) is 9.68. The number of rotatable bonds is 7. The van der Waals surface area contributed by atoms with E-state index in [1.54, 1.807) is 12.1 Å². The quantitative estimate of drug-likeness (QED) is 0.750. The molecule has 0 amide bonds. The standard InChI is InChI=1S/C15H24N2O3/c1-10(2)17(11(3)4)7-8-20-14-9-12(16)5-6-13(14)15(18)19/h5-6,9-11H,7-8,16H2,1-4H3,(H,18,19). The number of ether oxygens (including phenoxy) is 1. The molecule has 0 saturated heterocycles. The van der Waals surface area contributed by atoms with Crippen LogP contribution in [0.5, 0.6) is 5.75 Å². The summed E-state index contributed by atoms with van der Waals surface area (Å²) < 4.78 is 5.61. The number of hydrogen-bond acceptors (Lipinski definition) is 4. The van der Waals surface area contributed by atoms with Crippen molar-refractivity contribution in [2.75, 3.05) is 18.9 Å². The van der Waals surface area contributed by atoms with Crippen molar-refractivity contribution in [3.63, 3.8) is 0 Å². The van der Waals surface area contributed by atoms with Crippen LogP contribution in [0.3, 0.4) is 0 Å². The van der Waals surface area contributed by atoms with E-state index in [1.165, 1.54) is 6.07 Å². The van der Waals surface area contributed by atoms with Crippen molar-refractivity contribution < 1.29 is 14.6 Å². The highest BCUT2D eigenvalue weighted by Gasteiger charge is 2.15. The molecule has 0 fully saturated rings. The zero-order valence-corrected chi connectivity index (χ0v) is 12.6. The Labute approximate surface area is 120 Å². The first-order valence-electron chi connectivity index (χ1n) is 6.84. The van der Waals surface area contributed by atoms with Crippen molar-refractivity contribution in [2.24, 2.45) is 0 Å². The minimum atomic E-state index is -1.01. The molecule has 1 rings (SSSR count). The largest absolute Gasteiger partial charge is 0.491 e. The number of aromatic carboxylic acids is 1. The zero-order valence-electron chi connectivity index (χ0n) is 12.6. The first kappa shape index (κ1) is 16.3. The average Bonchev–Trinajstić information content (AvgIpc) is 2.33. The number of carbonyl (C=O) groups is 1. The Balaban J connectivity index is 2.70. The summed E-state index contributed by atoms with van der Waals surface area (Å²) in [4.78, 5) is 13.4. The van der Waals surface area contributed by atoms with E-state index >= 15 is 0 Å². The Hall–Kier alpha value is -1.75. The molecule has 1 aromatic rings. The third-order valence-corrected chi connectivity index (χ3v) is 3.17. The van der Waals surface area contributed by atoms with Gasteiger partial charge in [0.2, 0.25) is 0 Å². The van der Waals surface area contributed by atoms with Gasteiger partial charge in [0.15, 0.2) is 0 Å². The van der Waals surface area contributed by atoms with Crippen LogP contribution in [-0.4, -0.2) is 41.2 Å². The molecule has 5 heteroatoms. The van der Waals surface area contributed by atoms with Crippen LogP contribution in [0, 0.1) is 0 Å². The molecule has 3 N–H and O–H groups in total. The zero-order chi connectivity index (χ0) is 15.3. The minimum absolute atomic E-state index is 0.139. The van der Waals surface area contributed by atoms with Gasteiger partial charge < -0.3 is 15.6 Å². The van der Waals surface area contributed by atoms with Crippen LogP contribution >= 0.6 is 0 Å². The fourth-order valence-electron chi connectivity index (χ4n) is 2.21. The number of carboxylic acid groups (broad SMARTS) is 1. The summed E-state index contributed by atoms with van der Waals surface area (Å²) in [6.07, 6.45) is 0. The molecule has 0 aliphatic heterocycles. The number of hydrogen-bond donors (Lipinski definition) is 2. The van der Waals surface area contributed by atoms with Crippen LogP contribution in [0.15, 0.2) is 18.2 Å². The maximum atomic E-state index is 11.1. The highest BCUT2D eigenvalue weighted by atomic mass is 16.5. The van der Waals surface area contributed by atoms with Gasteiger partial charge in [-0.2, -0.15) is 0 Å². The van der Waals surface area contributed by atoms with Gasteiger partial charge in [-0.3, -0.25) is 4.90 Å². The van der Waals surface area contributed by atoms with Crippen LogP contribution in [0.25, 0.3) is 0 Å². The third-order valence-electron chi connectivity index (χ3n) is 3.17. The van der Waals surface area contributed by atoms with Gasteiger partial charge in [0.05, 0.1) is 0 Å². The van der Waals surface area contributed by atoms with Crippen LogP contribution in [-0.2, 0) is 0 Å². The van der Waals surface area contributed by atoms with Crippen molar-refractivity contribution >= 4 is 11.7 Å². The molecule has 5 nitrogen and oxygen atoms in total. The average molecular weight is 280 g/mol. The summed E-state index contributed by atoms with van der Waals surface area (Å²) in [6, 6.07) is 5.41. The molecule has 0 radical (unpaired) electrons. The van der Waals surface area contributed by atoms with Crippen molar-refractivity contribution in [1.82, 2.24) is 4.90 Å². The lowest BCUT2D eigenvalue weighted by molar-refractivity contribution is 0.0690. The van der Waals surface area contributed by atoms with Gasteiger partial charge >= 0.3 is 5.97 Å². The molecule has 20 heavy (non-hydrogen) atoms. The normalized spacial score (nSPS) is 11.3. The van der Waals surface area contributed by atoms with Gasteiger partial charge in [-0.15, -0.1) is 0 Å². The van der Waals surface area contributed by atoms with Crippen LogP contribution in [0.4, 0.5) is 5.69 Å².